The predicted octanol–water partition coefficient (Wildman–Crippen LogP) is 2.89. The van der Waals surface area contributed by atoms with Gasteiger partial charge in [-0.25, -0.2) is 0 Å². The number of hydrogen-bond donors (Lipinski definition) is 1. The fourth-order valence-corrected chi connectivity index (χ4v) is 2.45. The van der Waals surface area contributed by atoms with Gasteiger partial charge in [0.1, 0.15) is 5.75 Å². The van der Waals surface area contributed by atoms with Gasteiger partial charge in [-0.05, 0) is 42.0 Å². The zero-order chi connectivity index (χ0) is 15.5. The molecule has 2 aromatic rings. The molecule has 1 aliphatic heterocycles. The number of nitrogens with one attached hydrogen (secondary N) is 1. The lowest BCUT2D eigenvalue weighted by Gasteiger charge is -2.10. The van der Waals surface area contributed by atoms with Crippen molar-refractivity contribution in [3.05, 3.63) is 47.5 Å². The Morgan fingerprint density at radius 3 is 2.68 bits per heavy atom. The molecule has 1 aliphatic rings. The van der Waals surface area contributed by atoms with Crippen LogP contribution in [0.25, 0.3) is 0 Å². The molecule has 2 aromatic carbocycles. The van der Waals surface area contributed by atoms with E-state index < -0.39 is 0 Å². The lowest BCUT2D eigenvalue weighted by atomic mass is 10.1. The Labute approximate surface area is 128 Å². The fraction of sp³-hybridized carbons (Fsp3) is 0.235. The van der Waals surface area contributed by atoms with Crippen molar-refractivity contribution in [2.45, 2.75) is 6.42 Å². The predicted molar refractivity (Wildman–Crippen MR) is 83.1 cm³/mol. The maximum absolute atomic E-state index is 12.3. The summed E-state index contributed by atoms with van der Waals surface area (Å²) in [6.45, 7) is 0.697. The molecule has 3 rings (SSSR count). The van der Waals surface area contributed by atoms with Crippen LogP contribution in [-0.4, -0.2) is 26.7 Å². The minimum atomic E-state index is -0.195. The SMILES string of the molecule is COc1ccc(C(=O)Nc2ccc3c(c2)CCO3)cc1OC. The minimum absolute atomic E-state index is 0.195. The molecular formula is C17H17NO4. The first kappa shape index (κ1) is 14.3. The highest BCUT2D eigenvalue weighted by molar-refractivity contribution is 6.04. The third-order valence-corrected chi connectivity index (χ3v) is 3.59. The van der Waals surface area contributed by atoms with E-state index in [9.17, 15) is 4.79 Å². The molecule has 114 valence electrons. The molecule has 22 heavy (non-hydrogen) atoms. The zero-order valence-electron chi connectivity index (χ0n) is 12.5. The van der Waals surface area contributed by atoms with Crippen LogP contribution in [0.2, 0.25) is 0 Å². The molecule has 0 fully saturated rings. The van der Waals surface area contributed by atoms with Crippen molar-refractivity contribution in [1.82, 2.24) is 0 Å². The summed E-state index contributed by atoms with van der Waals surface area (Å²) in [4.78, 5) is 12.3. The number of amides is 1. The van der Waals surface area contributed by atoms with Gasteiger partial charge in [0.15, 0.2) is 11.5 Å². The molecule has 5 heteroatoms. The van der Waals surface area contributed by atoms with Gasteiger partial charge in [-0.2, -0.15) is 0 Å². The molecule has 0 saturated carbocycles. The van der Waals surface area contributed by atoms with Gasteiger partial charge in [-0.3, -0.25) is 4.79 Å². The van der Waals surface area contributed by atoms with Crippen LogP contribution in [0, 0.1) is 0 Å². The van der Waals surface area contributed by atoms with E-state index in [0.717, 1.165) is 23.4 Å². The maximum Gasteiger partial charge on any atom is 0.255 e. The van der Waals surface area contributed by atoms with Crippen LogP contribution in [0.1, 0.15) is 15.9 Å². The summed E-state index contributed by atoms with van der Waals surface area (Å²) >= 11 is 0. The molecule has 0 aromatic heterocycles. The van der Waals surface area contributed by atoms with Crippen LogP contribution in [-0.2, 0) is 6.42 Å². The Morgan fingerprint density at radius 1 is 1.09 bits per heavy atom. The Morgan fingerprint density at radius 2 is 1.91 bits per heavy atom. The van der Waals surface area contributed by atoms with E-state index in [-0.39, 0.29) is 5.91 Å². The Bertz CT molecular complexity index is 712. The Balaban J connectivity index is 1.79. The highest BCUT2D eigenvalue weighted by Gasteiger charge is 2.14. The summed E-state index contributed by atoms with van der Waals surface area (Å²) in [5.74, 6) is 1.81. The van der Waals surface area contributed by atoms with Gasteiger partial charge >= 0.3 is 0 Å². The number of carbonyl (C=O) groups excluding carboxylic acids is 1. The summed E-state index contributed by atoms with van der Waals surface area (Å²) in [6.07, 6.45) is 0.870. The second-order valence-corrected chi connectivity index (χ2v) is 4.94. The Hall–Kier alpha value is -2.69. The van der Waals surface area contributed by atoms with Gasteiger partial charge in [0.2, 0.25) is 0 Å². The summed E-state index contributed by atoms with van der Waals surface area (Å²) in [5, 5.41) is 2.89. The van der Waals surface area contributed by atoms with E-state index in [1.807, 2.05) is 18.2 Å². The van der Waals surface area contributed by atoms with Gasteiger partial charge in [-0.1, -0.05) is 0 Å². The third-order valence-electron chi connectivity index (χ3n) is 3.59. The number of benzene rings is 2. The van der Waals surface area contributed by atoms with Crippen LogP contribution in [0.15, 0.2) is 36.4 Å². The van der Waals surface area contributed by atoms with Crippen molar-refractivity contribution in [3.63, 3.8) is 0 Å². The number of carbonyl (C=O) groups is 1. The number of ether oxygens (including phenoxy) is 3. The highest BCUT2D eigenvalue weighted by Crippen LogP contribution is 2.29. The van der Waals surface area contributed by atoms with E-state index >= 15 is 0 Å². The van der Waals surface area contributed by atoms with Crippen molar-refractivity contribution < 1.29 is 19.0 Å². The van der Waals surface area contributed by atoms with Crippen molar-refractivity contribution in [1.29, 1.82) is 0 Å². The second kappa shape index (κ2) is 5.97. The molecule has 1 heterocycles. The quantitative estimate of drug-likeness (QED) is 0.943. The molecule has 5 nitrogen and oxygen atoms in total. The summed E-state index contributed by atoms with van der Waals surface area (Å²) in [7, 11) is 3.10. The fourth-order valence-electron chi connectivity index (χ4n) is 2.45. The van der Waals surface area contributed by atoms with Gasteiger partial charge in [0.25, 0.3) is 5.91 Å². The highest BCUT2D eigenvalue weighted by atomic mass is 16.5. The van der Waals surface area contributed by atoms with Crippen molar-refractivity contribution >= 4 is 11.6 Å². The van der Waals surface area contributed by atoms with Crippen LogP contribution in [0.4, 0.5) is 5.69 Å². The lowest BCUT2D eigenvalue weighted by Crippen LogP contribution is -2.12. The average Bonchev–Trinajstić information content (AvgIpc) is 3.01. The van der Waals surface area contributed by atoms with Crippen molar-refractivity contribution in [2.75, 3.05) is 26.1 Å². The summed E-state index contributed by atoms with van der Waals surface area (Å²) in [6, 6.07) is 10.7. The largest absolute Gasteiger partial charge is 0.493 e. The van der Waals surface area contributed by atoms with Gasteiger partial charge < -0.3 is 19.5 Å². The van der Waals surface area contributed by atoms with Crippen LogP contribution in [0.3, 0.4) is 0 Å². The van der Waals surface area contributed by atoms with Crippen LogP contribution >= 0.6 is 0 Å². The first-order valence-corrected chi connectivity index (χ1v) is 7.00. The van der Waals surface area contributed by atoms with Crippen molar-refractivity contribution in [2.24, 2.45) is 0 Å². The average molecular weight is 299 g/mol. The topological polar surface area (TPSA) is 56.8 Å². The van der Waals surface area contributed by atoms with Gasteiger partial charge in [0, 0.05) is 17.7 Å². The monoisotopic (exact) mass is 299 g/mol. The molecule has 0 atom stereocenters. The molecule has 0 spiro atoms. The van der Waals surface area contributed by atoms with Crippen molar-refractivity contribution in [3.8, 4) is 17.2 Å². The molecule has 0 unspecified atom stereocenters. The van der Waals surface area contributed by atoms with E-state index in [2.05, 4.69) is 5.32 Å². The number of anilines is 1. The first-order chi connectivity index (χ1) is 10.7. The number of hydrogen-bond acceptors (Lipinski definition) is 4. The molecule has 0 radical (unpaired) electrons. The molecule has 0 bridgehead atoms. The lowest BCUT2D eigenvalue weighted by molar-refractivity contribution is 0.102. The molecular weight excluding hydrogens is 282 g/mol. The van der Waals surface area contributed by atoms with E-state index in [4.69, 9.17) is 14.2 Å². The second-order valence-electron chi connectivity index (χ2n) is 4.94. The third kappa shape index (κ3) is 2.70. The maximum atomic E-state index is 12.3. The van der Waals surface area contributed by atoms with Gasteiger partial charge in [0.05, 0.1) is 20.8 Å². The van der Waals surface area contributed by atoms with E-state index in [0.29, 0.717) is 23.7 Å². The van der Waals surface area contributed by atoms with E-state index in [1.165, 1.54) is 0 Å². The van der Waals surface area contributed by atoms with Crippen LogP contribution < -0.4 is 19.5 Å². The Kier molecular flexibility index (Phi) is 3.87. The van der Waals surface area contributed by atoms with Crippen LogP contribution in [0.5, 0.6) is 17.2 Å². The molecule has 1 N–H and O–H groups in total. The number of rotatable bonds is 4. The zero-order valence-corrected chi connectivity index (χ0v) is 12.5. The molecule has 0 saturated heterocycles. The normalized spacial score (nSPS) is 12.3. The smallest absolute Gasteiger partial charge is 0.255 e. The van der Waals surface area contributed by atoms with Gasteiger partial charge in [-0.15, -0.1) is 0 Å². The molecule has 1 amide bonds. The summed E-state index contributed by atoms with van der Waals surface area (Å²) < 4.78 is 15.8. The number of methoxy groups -OCH3 is 2. The minimum Gasteiger partial charge on any atom is -0.493 e. The molecule has 0 aliphatic carbocycles. The summed E-state index contributed by atoms with van der Waals surface area (Å²) in [5.41, 5.74) is 2.38. The standard InChI is InChI=1S/C17H17NO4/c1-20-15-5-3-12(10-16(15)21-2)17(19)18-13-4-6-14-11(9-13)7-8-22-14/h3-6,9-10H,7-8H2,1-2H3,(H,18,19). The first-order valence-electron chi connectivity index (χ1n) is 7.00. The van der Waals surface area contributed by atoms with E-state index in [1.54, 1.807) is 32.4 Å². The number of fused-ring (bicyclic) bond motifs is 1.